The molecule has 1 N–H and O–H groups in total. The highest BCUT2D eigenvalue weighted by atomic mass is 35.5. The maximum atomic E-state index is 6.29. The minimum atomic E-state index is 0.414. The van der Waals surface area contributed by atoms with Gasteiger partial charge in [-0.25, -0.2) is 0 Å². The monoisotopic (exact) mass is 310 g/mol. The van der Waals surface area contributed by atoms with Crippen LogP contribution in [0.1, 0.15) is 18.9 Å². The molecule has 0 spiro atoms. The van der Waals surface area contributed by atoms with Crippen molar-refractivity contribution in [1.29, 1.82) is 0 Å². The number of likely N-dealkylation sites (N-methyl/N-ethyl adjacent to an activating group) is 2. The van der Waals surface area contributed by atoms with Gasteiger partial charge in [-0.3, -0.25) is 9.88 Å². The lowest BCUT2D eigenvalue weighted by molar-refractivity contribution is 0.0876. The first-order valence-electron chi connectivity index (χ1n) is 7.82. The van der Waals surface area contributed by atoms with Crippen LogP contribution in [0.3, 0.4) is 0 Å². The van der Waals surface area contributed by atoms with Crippen LogP contribution in [0, 0.1) is 0 Å². The molecule has 1 aromatic heterocycles. The third-order valence-electron chi connectivity index (χ3n) is 4.32. The van der Waals surface area contributed by atoms with Gasteiger partial charge in [0, 0.05) is 44.1 Å². The molecule has 0 amide bonds. The number of nitrogens with one attached hydrogen (secondary N) is 1. The second-order valence-corrected chi connectivity index (χ2v) is 6.45. The summed E-state index contributed by atoms with van der Waals surface area (Å²) in [5.74, 6) is 0. The topological polar surface area (TPSA) is 31.4 Å². The molecule has 2 rings (SSSR count). The van der Waals surface area contributed by atoms with E-state index in [4.69, 9.17) is 11.6 Å². The molecule has 4 nitrogen and oxygen atoms in total. The number of pyridine rings is 1. The molecule has 0 aliphatic carbocycles. The van der Waals surface area contributed by atoms with Crippen molar-refractivity contribution in [3.8, 4) is 0 Å². The van der Waals surface area contributed by atoms with Crippen LogP contribution in [0.2, 0.25) is 5.02 Å². The number of nitrogens with zero attached hydrogens (tertiary/aromatic N) is 3. The van der Waals surface area contributed by atoms with E-state index in [-0.39, 0.29) is 0 Å². The smallest absolute Gasteiger partial charge is 0.0621 e. The number of hydrogen-bond donors (Lipinski definition) is 1. The Morgan fingerprint density at radius 1 is 1.43 bits per heavy atom. The lowest BCUT2D eigenvalue weighted by atomic mass is 9.97. The second kappa shape index (κ2) is 8.08. The van der Waals surface area contributed by atoms with Crippen LogP contribution in [-0.2, 0) is 6.42 Å². The maximum Gasteiger partial charge on any atom is 0.0621 e. The molecule has 0 saturated carbocycles. The molecule has 2 heterocycles. The van der Waals surface area contributed by atoms with E-state index in [1.54, 1.807) is 6.20 Å². The molecular formula is C16H27ClN4. The van der Waals surface area contributed by atoms with Gasteiger partial charge in [0.2, 0.25) is 0 Å². The zero-order chi connectivity index (χ0) is 15.2. The highest BCUT2D eigenvalue weighted by molar-refractivity contribution is 6.31. The summed E-state index contributed by atoms with van der Waals surface area (Å²) >= 11 is 6.29. The van der Waals surface area contributed by atoms with Crippen LogP contribution in [0.4, 0.5) is 0 Å². The molecule has 1 aliphatic rings. The van der Waals surface area contributed by atoms with E-state index >= 15 is 0 Å². The van der Waals surface area contributed by atoms with Crippen LogP contribution in [-0.4, -0.2) is 67.1 Å². The van der Waals surface area contributed by atoms with Gasteiger partial charge in [0.1, 0.15) is 0 Å². The standard InChI is InChI=1S/C16H27ClN4/c1-4-6-19-15(10-13-5-7-18-11-14(13)17)16-12-20(2)8-9-21(16)3/h5,7,11,15-16,19H,4,6,8-10,12H2,1-3H3. The molecular weight excluding hydrogens is 284 g/mol. The van der Waals surface area contributed by atoms with Gasteiger partial charge in [-0.05, 0) is 45.1 Å². The molecule has 5 heteroatoms. The van der Waals surface area contributed by atoms with Gasteiger partial charge < -0.3 is 10.2 Å². The van der Waals surface area contributed by atoms with Crippen LogP contribution >= 0.6 is 11.6 Å². The average Bonchev–Trinajstić information content (AvgIpc) is 2.48. The summed E-state index contributed by atoms with van der Waals surface area (Å²) in [7, 11) is 4.43. The molecule has 0 radical (unpaired) electrons. The Morgan fingerprint density at radius 3 is 2.95 bits per heavy atom. The third-order valence-corrected chi connectivity index (χ3v) is 4.66. The van der Waals surface area contributed by atoms with E-state index in [0.29, 0.717) is 12.1 Å². The van der Waals surface area contributed by atoms with E-state index in [2.05, 4.69) is 41.1 Å². The fraction of sp³-hybridized carbons (Fsp3) is 0.688. The third kappa shape index (κ3) is 4.65. The molecule has 118 valence electrons. The average molecular weight is 311 g/mol. The van der Waals surface area contributed by atoms with E-state index in [1.807, 2.05) is 12.3 Å². The van der Waals surface area contributed by atoms with Crippen LogP contribution in [0.25, 0.3) is 0 Å². The Hall–Kier alpha value is -0.680. The fourth-order valence-corrected chi connectivity index (χ4v) is 3.16. The minimum Gasteiger partial charge on any atom is -0.312 e. The van der Waals surface area contributed by atoms with E-state index in [1.165, 1.54) is 5.56 Å². The van der Waals surface area contributed by atoms with Gasteiger partial charge in [-0.1, -0.05) is 18.5 Å². The molecule has 2 unspecified atom stereocenters. The molecule has 1 aromatic rings. The van der Waals surface area contributed by atoms with Crippen molar-refractivity contribution in [1.82, 2.24) is 20.1 Å². The fourth-order valence-electron chi connectivity index (χ4n) is 2.96. The Balaban J connectivity index is 2.11. The van der Waals surface area contributed by atoms with E-state index in [9.17, 15) is 0 Å². The SMILES string of the molecule is CCCNC(Cc1ccncc1Cl)C1CN(C)CCN1C. The van der Waals surface area contributed by atoms with Crippen molar-refractivity contribution >= 4 is 11.6 Å². The van der Waals surface area contributed by atoms with Crippen molar-refractivity contribution in [3.63, 3.8) is 0 Å². The largest absolute Gasteiger partial charge is 0.312 e. The lowest BCUT2D eigenvalue weighted by Crippen LogP contribution is -2.59. The molecule has 1 aliphatic heterocycles. The van der Waals surface area contributed by atoms with Crippen LogP contribution in [0.15, 0.2) is 18.5 Å². The molecule has 2 atom stereocenters. The normalized spacial score (nSPS) is 22.4. The van der Waals surface area contributed by atoms with Crippen molar-refractivity contribution in [3.05, 3.63) is 29.0 Å². The van der Waals surface area contributed by atoms with Gasteiger partial charge in [0.25, 0.3) is 0 Å². The van der Waals surface area contributed by atoms with E-state index < -0.39 is 0 Å². The summed E-state index contributed by atoms with van der Waals surface area (Å²) < 4.78 is 0. The first kappa shape index (κ1) is 16.7. The lowest BCUT2D eigenvalue weighted by Gasteiger charge is -2.42. The van der Waals surface area contributed by atoms with Gasteiger partial charge in [0.05, 0.1) is 5.02 Å². The minimum absolute atomic E-state index is 0.414. The highest BCUT2D eigenvalue weighted by Crippen LogP contribution is 2.19. The van der Waals surface area contributed by atoms with Crippen molar-refractivity contribution in [2.75, 3.05) is 40.3 Å². The molecule has 21 heavy (non-hydrogen) atoms. The number of hydrogen-bond acceptors (Lipinski definition) is 4. The number of aromatic nitrogens is 1. The predicted octanol–water partition coefficient (Wildman–Crippen LogP) is 1.89. The Morgan fingerprint density at radius 2 is 2.24 bits per heavy atom. The van der Waals surface area contributed by atoms with Gasteiger partial charge in [-0.15, -0.1) is 0 Å². The molecule has 0 aromatic carbocycles. The summed E-state index contributed by atoms with van der Waals surface area (Å²) in [4.78, 5) is 8.97. The van der Waals surface area contributed by atoms with Gasteiger partial charge >= 0.3 is 0 Å². The second-order valence-electron chi connectivity index (χ2n) is 6.04. The van der Waals surface area contributed by atoms with Crippen LogP contribution < -0.4 is 5.32 Å². The molecule has 1 fully saturated rings. The summed E-state index contributed by atoms with van der Waals surface area (Å²) in [5.41, 5.74) is 1.18. The van der Waals surface area contributed by atoms with Crippen LogP contribution in [0.5, 0.6) is 0 Å². The van der Waals surface area contributed by atoms with E-state index in [0.717, 1.165) is 44.0 Å². The Kier molecular flexibility index (Phi) is 6.42. The first-order valence-corrected chi connectivity index (χ1v) is 8.20. The summed E-state index contributed by atoms with van der Waals surface area (Å²) in [6.07, 6.45) is 5.66. The van der Waals surface area contributed by atoms with Gasteiger partial charge in [-0.2, -0.15) is 0 Å². The van der Waals surface area contributed by atoms with Gasteiger partial charge in [0.15, 0.2) is 0 Å². The van der Waals surface area contributed by atoms with Crippen molar-refractivity contribution in [2.24, 2.45) is 0 Å². The zero-order valence-corrected chi connectivity index (χ0v) is 14.1. The Labute approximate surface area is 133 Å². The zero-order valence-electron chi connectivity index (χ0n) is 13.3. The number of piperazine rings is 1. The van der Waals surface area contributed by atoms with Crippen molar-refractivity contribution < 1.29 is 0 Å². The number of halogens is 1. The van der Waals surface area contributed by atoms with Crippen molar-refractivity contribution in [2.45, 2.75) is 31.8 Å². The highest BCUT2D eigenvalue weighted by Gasteiger charge is 2.29. The number of rotatable bonds is 6. The summed E-state index contributed by atoms with van der Waals surface area (Å²) in [6.45, 7) is 6.61. The molecule has 0 bridgehead atoms. The summed E-state index contributed by atoms with van der Waals surface area (Å²) in [5, 5.41) is 4.49. The predicted molar refractivity (Wildman–Crippen MR) is 88.9 cm³/mol. The summed E-state index contributed by atoms with van der Waals surface area (Å²) in [6, 6.07) is 2.97. The quantitative estimate of drug-likeness (QED) is 0.869. The Bertz CT molecular complexity index is 440. The maximum absolute atomic E-state index is 6.29. The molecule has 1 saturated heterocycles. The first-order chi connectivity index (χ1) is 10.1.